The molecule has 0 radical (unpaired) electrons. The van der Waals surface area contributed by atoms with E-state index in [1.165, 1.54) is 0 Å². The Labute approximate surface area is 123 Å². The second-order valence-electron chi connectivity index (χ2n) is 4.58. The predicted molar refractivity (Wildman–Crippen MR) is 81.0 cm³/mol. The molecule has 110 valence electrons. The van der Waals surface area contributed by atoms with Crippen LogP contribution in [0, 0.1) is 6.92 Å². The highest BCUT2D eigenvalue weighted by molar-refractivity contribution is 5.95. The van der Waals surface area contributed by atoms with Crippen LogP contribution in [0.4, 0.5) is 11.4 Å². The first-order valence-electron chi connectivity index (χ1n) is 6.37. The quantitative estimate of drug-likeness (QED) is 0.881. The van der Waals surface area contributed by atoms with Crippen molar-refractivity contribution in [2.24, 2.45) is 0 Å². The first-order chi connectivity index (χ1) is 10.0. The Bertz CT molecular complexity index is 645. The fraction of sp³-hybridized carbons (Fsp3) is 0.188. The van der Waals surface area contributed by atoms with E-state index in [4.69, 9.17) is 9.47 Å². The molecule has 21 heavy (non-hydrogen) atoms. The minimum absolute atomic E-state index is 0.211. The number of carboxylic acid groups (broad SMARTS) is 1. The molecule has 0 unspecified atom stereocenters. The van der Waals surface area contributed by atoms with Gasteiger partial charge in [0.05, 0.1) is 25.5 Å². The van der Waals surface area contributed by atoms with Crippen LogP contribution in [0.5, 0.6) is 11.5 Å². The third kappa shape index (κ3) is 3.45. The van der Waals surface area contributed by atoms with Crippen molar-refractivity contribution < 1.29 is 19.4 Å². The lowest BCUT2D eigenvalue weighted by atomic mass is 10.1. The number of hydrogen-bond acceptors (Lipinski definition) is 4. The van der Waals surface area contributed by atoms with Crippen molar-refractivity contribution in [1.29, 1.82) is 0 Å². The maximum absolute atomic E-state index is 11.3. The number of carbonyl (C=O) groups is 1. The van der Waals surface area contributed by atoms with Gasteiger partial charge in [-0.3, -0.25) is 0 Å². The van der Waals surface area contributed by atoms with Crippen molar-refractivity contribution in [3.63, 3.8) is 0 Å². The summed E-state index contributed by atoms with van der Waals surface area (Å²) in [6.45, 7) is 1.91. The van der Waals surface area contributed by atoms with E-state index in [1.54, 1.807) is 50.6 Å². The molecular weight excluding hydrogens is 270 g/mol. The predicted octanol–water partition coefficient (Wildman–Crippen LogP) is 3.45. The van der Waals surface area contributed by atoms with Gasteiger partial charge >= 0.3 is 5.97 Å². The minimum atomic E-state index is -0.979. The summed E-state index contributed by atoms with van der Waals surface area (Å²) < 4.78 is 10.4. The van der Waals surface area contributed by atoms with Crippen molar-refractivity contribution in [2.45, 2.75) is 6.92 Å². The Morgan fingerprint density at radius 3 is 2.19 bits per heavy atom. The largest absolute Gasteiger partial charge is 0.497 e. The van der Waals surface area contributed by atoms with Crippen LogP contribution >= 0.6 is 0 Å². The average molecular weight is 287 g/mol. The van der Waals surface area contributed by atoms with Crippen LogP contribution in [-0.4, -0.2) is 25.3 Å². The summed E-state index contributed by atoms with van der Waals surface area (Å²) in [7, 11) is 3.13. The molecular formula is C16H17NO4. The van der Waals surface area contributed by atoms with Crippen molar-refractivity contribution in [1.82, 2.24) is 0 Å². The Balaban J connectivity index is 2.42. The molecule has 0 saturated heterocycles. The fourth-order valence-electron chi connectivity index (χ4n) is 1.98. The van der Waals surface area contributed by atoms with Gasteiger partial charge in [0, 0.05) is 23.9 Å². The molecule has 0 fully saturated rings. The lowest BCUT2D eigenvalue weighted by molar-refractivity contribution is 0.0698. The van der Waals surface area contributed by atoms with E-state index >= 15 is 0 Å². The van der Waals surface area contributed by atoms with Gasteiger partial charge in [-0.05, 0) is 24.6 Å². The Morgan fingerprint density at radius 2 is 1.67 bits per heavy atom. The van der Waals surface area contributed by atoms with Gasteiger partial charge in [0.2, 0.25) is 0 Å². The number of carboxylic acids is 1. The summed E-state index contributed by atoms with van der Waals surface area (Å²) in [5.41, 5.74) is 2.40. The summed E-state index contributed by atoms with van der Waals surface area (Å²) in [6.07, 6.45) is 0. The van der Waals surface area contributed by atoms with E-state index in [2.05, 4.69) is 5.32 Å². The molecule has 0 bridgehead atoms. The molecule has 2 aromatic carbocycles. The van der Waals surface area contributed by atoms with Crippen molar-refractivity contribution >= 4 is 17.3 Å². The Morgan fingerprint density at radius 1 is 1.05 bits per heavy atom. The van der Waals surface area contributed by atoms with Crippen molar-refractivity contribution in [2.75, 3.05) is 19.5 Å². The van der Waals surface area contributed by atoms with E-state index in [0.717, 1.165) is 5.56 Å². The van der Waals surface area contributed by atoms with Gasteiger partial charge in [0.15, 0.2) is 0 Å². The molecule has 0 aliphatic rings. The molecule has 0 spiro atoms. The zero-order chi connectivity index (χ0) is 15.4. The highest BCUT2D eigenvalue weighted by Crippen LogP contribution is 2.29. The van der Waals surface area contributed by atoms with Crippen LogP contribution in [0.15, 0.2) is 36.4 Å². The summed E-state index contributed by atoms with van der Waals surface area (Å²) >= 11 is 0. The molecule has 2 rings (SSSR count). The van der Waals surface area contributed by atoms with Crippen LogP contribution in [0.1, 0.15) is 15.9 Å². The van der Waals surface area contributed by atoms with Crippen molar-refractivity contribution in [3.8, 4) is 11.5 Å². The second kappa shape index (κ2) is 6.17. The van der Waals surface area contributed by atoms with E-state index in [0.29, 0.717) is 22.9 Å². The molecule has 2 aromatic rings. The van der Waals surface area contributed by atoms with E-state index in [9.17, 15) is 9.90 Å². The third-order valence-corrected chi connectivity index (χ3v) is 3.04. The van der Waals surface area contributed by atoms with Crippen LogP contribution < -0.4 is 14.8 Å². The summed E-state index contributed by atoms with van der Waals surface area (Å²) in [5.74, 6) is 0.273. The van der Waals surface area contributed by atoms with Crippen LogP contribution in [0.25, 0.3) is 0 Å². The molecule has 5 heteroatoms. The zero-order valence-electron chi connectivity index (χ0n) is 12.1. The summed E-state index contributed by atoms with van der Waals surface area (Å²) in [4.78, 5) is 11.3. The smallest absolute Gasteiger partial charge is 0.337 e. The van der Waals surface area contributed by atoms with E-state index in [1.807, 2.05) is 6.92 Å². The van der Waals surface area contributed by atoms with Gasteiger partial charge < -0.3 is 19.9 Å². The van der Waals surface area contributed by atoms with Crippen molar-refractivity contribution in [3.05, 3.63) is 47.5 Å². The number of hydrogen-bond donors (Lipinski definition) is 2. The maximum atomic E-state index is 11.3. The molecule has 0 heterocycles. The standard InChI is InChI=1S/C16H17NO4/c1-10-4-5-14(16(18)19)15(6-10)17-11-7-12(20-2)9-13(8-11)21-3/h4-9,17H,1-3H3,(H,18,19). The average Bonchev–Trinajstić information content (AvgIpc) is 2.46. The SMILES string of the molecule is COc1cc(Nc2cc(C)ccc2C(=O)O)cc(OC)c1. The van der Waals surface area contributed by atoms with Gasteiger partial charge in [-0.15, -0.1) is 0 Å². The number of nitrogens with one attached hydrogen (secondary N) is 1. The topological polar surface area (TPSA) is 67.8 Å². The maximum Gasteiger partial charge on any atom is 0.337 e. The van der Waals surface area contributed by atoms with E-state index in [-0.39, 0.29) is 5.56 Å². The first-order valence-corrected chi connectivity index (χ1v) is 6.37. The molecule has 0 aliphatic heterocycles. The van der Waals surface area contributed by atoms with Crippen LogP contribution in [-0.2, 0) is 0 Å². The monoisotopic (exact) mass is 287 g/mol. The van der Waals surface area contributed by atoms with Gasteiger partial charge in [-0.2, -0.15) is 0 Å². The molecule has 5 nitrogen and oxygen atoms in total. The second-order valence-corrected chi connectivity index (χ2v) is 4.58. The number of benzene rings is 2. The number of rotatable bonds is 5. The van der Waals surface area contributed by atoms with Crippen LogP contribution in [0.3, 0.4) is 0 Å². The number of anilines is 2. The van der Waals surface area contributed by atoms with Gasteiger partial charge in [-0.25, -0.2) is 4.79 Å². The number of aromatic carboxylic acids is 1. The lowest BCUT2D eigenvalue weighted by Crippen LogP contribution is -2.03. The van der Waals surface area contributed by atoms with Gasteiger partial charge in [0.25, 0.3) is 0 Å². The first kappa shape index (κ1) is 14.7. The lowest BCUT2D eigenvalue weighted by Gasteiger charge is -2.13. The zero-order valence-corrected chi connectivity index (χ0v) is 12.1. The summed E-state index contributed by atoms with van der Waals surface area (Å²) in [6, 6.07) is 10.4. The molecule has 0 aliphatic carbocycles. The molecule has 0 aromatic heterocycles. The number of aryl methyl sites for hydroxylation is 1. The molecule has 2 N–H and O–H groups in total. The normalized spacial score (nSPS) is 10.0. The molecule has 0 atom stereocenters. The van der Waals surface area contributed by atoms with Crippen LogP contribution in [0.2, 0.25) is 0 Å². The minimum Gasteiger partial charge on any atom is -0.497 e. The fourth-order valence-corrected chi connectivity index (χ4v) is 1.98. The highest BCUT2D eigenvalue weighted by atomic mass is 16.5. The van der Waals surface area contributed by atoms with Gasteiger partial charge in [0.1, 0.15) is 11.5 Å². The third-order valence-electron chi connectivity index (χ3n) is 3.04. The molecule has 0 saturated carbocycles. The van der Waals surface area contributed by atoms with Gasteiger partial charge in [-0.1, -0.05) is 6.07 Å². The molecule has 0 amide bonds. The summed E-state index contributed by atoms with van der Waals surface area (Å²) in [5, 5.41) is 12.3. The number of methoxy groups -OCH3 is 2. The number of ether oxygens (including phenoxy) is 2. The highest BCUT2D eigenvalue weighted by Gasteiger charge is 2.11. The van der Waals surface area contributed by atoms with E-state index < -0.39 is 5.97 Å². The Hall–Kier alpha value is -2.69. The Kier molecular flexibility index (Phi) is 4.33.